The molecule has 0 radical (unpaired) electrons. The first-order chi connectivity index (χ1) is 6.93. The Labute approximate surface area is 216 Å². The first-order valence-corrected chi connectivity index (χ1v) is 2.83. The topological polar surface area (TPSA) is 277 Å². The summed E-state index contributed by atoms with van der Waals surface area (Å²) in [4.78, 5) is 0. The van der Waals surface area contributed by atoms with Gasteiger partial charge < -0.3 is 60.3 Å². The molecule has 20 heteroatoms. The summed E-state index contributed by atoms with van der Waals surface area (Å²) in [7, 11) is -11.7. The van der Waals surface area contributed by atoms with E-state index in [1.165, 1.54) is 0 Å². The maximum atomic E-state index is 8.42. The smallest absolute Gasteiger partial charge is 0.907 e. The normalized spacial score (nSPS) is 5.40. The molecule has 0 bridgehead atoms. The van der Waals surface area contributed by atoms with Crippen LogP contribution < -0.4 is 60.3 Å². The van der Waals surface area contributed by atoms with E-state index in [9.17, 15) is 0 Å². The molecule has 0 aliphatic rings. The molecule has 0 amide bonds. The van der Waals surface area contributed by atoms with Crippen molar-refractivity contribution in [1.82, 2.24) is 0 Å². The minimum absolute atomic E-state index is 0. The first-order valence-electron chi connectivity index (χ1n) is 2.83. The van der Waals surface area contributed by atoms with Crippen molar-refractivity contribution in [2.75, 3.05) is 0 Å². The molecule has 0 saturated carbocycles. The summed E-state index contributed by atoms with van der Waals surface area (Å²) >= 11 is 0. The second-order valence-corrected chi connectivity index (χ2v) is 1.15. The fourth-order valence-electron chi connectivity index (χ4n) is 0. The van der Waals surface area contributed by atoms with Crippen molar-refractivity contribution in [1.29, 1.82) is 0 Å². The number of hydrogen-bond acceptors (Lipinski definition) is 12. The second kappa shape index (κ2) is 43.6. The summed E-state index contributed by atoms with van der Waals surface area (Å²) < 4.78 is 0. The minimum atomic E-state index is -2.92. The molecule has 0 fully saturated rings. The van der Waals surface area contributed by atoms with Gasteiger partial charge in [0.1, 0.15) is 0 Å². The zero-order valence-electron chi connectivity index (χ0n) is 9.52. The third-order valence-corrected chi connectivity index (χ3v) is 0. The Kier molecular flexibility index (Phi) is 108. The van der Waals surface area contributed by atoms with Crippen LogP contribution in [0.25, 0.3) is 0 Å². The number of hydrogen-bond donors (Lipinski definition) is 0. The molecule has 0 N–H and O–H groups in total. The molecule has 0 aromatic heterocycles. The van der Waals surface area contributed by atoms with Gasteiger partial charge in [-0.05, 0) is 0 Å². The third kappa shape index (κ3) is 567. The van der Waals surface area contributed by atoms with Crippen molar-refractivity contribution in [3.8, 4) is 0 Å². The predicted octanol–water partition coefficient (Wildman–Crippen LogP) is -15.8. The van der Waals surface area contributed by atoms with Crippen molar-refractivity contribution < 1.29 is 191 Å². The van der Waals surface area contributed by atoms with Gasteiger partial charge in [0, 0.05) is 0 Å². The van der Waals surface area contributed by atoms with Crippen LogP contribution in [0.2, 0.25) is 0 Å². The monoisotopic (exact) mass is 592 g/mol. The average Bonchev–Trinajstić information content (AvgIpc) is 1.76. The maximum Gasteiger partial charge on any atom is 3.00 e. The molecule has 0 aliphatic heterocycles. The van der Waals surface area contributed by atoms with Crippen LogP contribution in [0.1, 0.15) is 0 Å². The molecule has 96 valence electrons. The summed E-state index contributed by atoms with van der Waals surface area (Å²) in [6.07, 6.45) is 0. The summed E-state index contributed by atoms with van der Waals surface area (Å²) in [5.74, 6) is 0. The molecule has 0 aromatic carbocycles. The maximum absolute atomic E-state index is 8.42. The van der Waals surface area contributed by atoms with E-state index < -0.39 is 29.3 Å². The average molecular weight is 591 g/mol. The fourth-order valence-corrected chi connectivity index (χ4v) is 0. The third-order valence-electron chi connectivity index (χ3n) is 0. The Morgan fingerprint density at radius 1 is 0.250 bits per heavy atom. The van der Waals surface area contributed by atoms with Crippen molar-refractivity contribution in [3.63, 3.8) is 0 Å². The van der Waals surface area contributed by atoms with Gasteiger partial charge in [-0.25, -0.2) is 0 Å². The summed E-state index contributed by atoms with van der Waals surface area (Å²) in [6.45, 7) is 0. The van der Waals surface area contributed by atoms with Crippen LogP contribution in [0.15, 0.2) is 0 Å². The van der Waals surface area contributed by atoms with E-state index in [2.05, 4.69) is 0 Å². The van der Waals surface area contributed by atoms with E-state index in [-0.39, 0.29) is 131 Å². The van der Waals surface area contributed by atoms with Crippen LogP contribution in [0, 0.1) is 0 Å². The van der Waals surface area contributed by atoms with Crippen LogP contribution in [0.5, 0.6) is 0 Å². The fraction of sp³-hybridized carbons (Fsp3) is 0. The quantitative estimate of drug-likeness (QED) is 0.238. The molecule has 20 heavy (non-hydrogen) atoms. The molecule has 0 aromatic rings. The van der Waals surface area contributed by atoms with E-state index >= 15 is 0 Å². The predicted molar refractivity (Wildman–Crippen MR) is 23.0 cm³/mol. The van der Waals surface area contributed by atoms with Crippen LogP contribution in [0.4, 0.5) is 0 Å². The number of rotatable bonds is 0. The standard InChI is InChI=1S/4BO3.4Y/c4*2-1(3)4;;;;/q4*-3;4*+3. The van der Waals surface area contributed by atoms with Gasteiger partial charge in [-0.3, -0.25) is 29.3 Å². The van der Waals surface area contributed by atoms with Gasteiger partial charge in [0.25, 0.3) is 0 Å². The van der Waals surface area contributed by atoms with E-state index in [4.69, 9.17) is 60.3 Å². The molecule has 0 aliphatic carbocycles. The Bertz CT molecular complexity index is 70.4. The molecular weight excluding hydrogens is 591 g/mol. The molecular formula is B4O12Y4. The van der Waals surface area contributed by atoms with Gasteiger partial charge in [0.2, 0.25) is 0 Å². The van der Waals surface area contributed by atoms with Gasteiger partial charge in [-0.2, -0.15) is 0 Å². The summed E-state index contributed by atoms with van der Waals surface area (Å²) in [5.41, 5.74) is 0. The minimum Gasteiger partial charge on any atom is -0.907 e. The molecule has 0 saturated heterocycles. The first kappa shape index (κ1) is 49.6. The molecule has 0 rings (SSSR count). The van der Waals surface area contributed by atoms with Crippen LogP contribution in [-0.4, -0.2) is 29.3 Å². The molecule has 0 heterocycles. The molecule has 0 unspecified atom stereocenters. The van der Waals surface area contributed by atoms with E-state index in [1.807, 2.05) is 0 Å². The zero-order valence-corrected chi connectivity index (χ0v) is 20.9. The summed E-state index contributed by atoms with van der Waals surface area (Å²) in [6, 6.07) is 0. The van der Waals surface area contributed by atoms with E-state index in [0.29, 0.717) is 0 Å². The van der Waals surface area contributed by atoms with Crippen LogP contribution >= 0.6 is 0 Å². The van der Waals surface area contributed by atoms with E-state index in [1.54, 1.807) is 0 Å². The van der Waals surface area contributed by atoms with Gasteiger partial charge in [-0.1, -0.05) is 0 Å². The zero-order chi connectivity index (χ0) is 14.3. The van der Waals surface area contributed by atoms with Gasteiger partial charge >= 0.3 is 131 Å². The SMILES string of the molecule is [O-]B([O-])[O-].[O-]B([O-])[O-].[O-]B([O-])[O-].[O-]B([O-])[O-].[Y+3].[Y+3].[Y+3].[Y+3]. The summed E-state index contributed by atoms with van der Waals surface area (Å²) in [5, 5.41) is 101. The Morgan fingerprint density at radius 3 is 0.250 bits per heavy atom. The van der Waals surface area contributed by atoms with Crippen molar-refractivity contribution in [2.24, 2.45) is 0 Å². The van der Waals surface area contributed by atoms with Gasteiger partial charge in [0.15, 0.2) is 0 Å². The Hall–Kier alpha value is 4.20. The van der Waals surface area contributed by atoms with Crippen molar-refractivity contribution in [3.05, 3.63) is 0 Å². The molecule has 0 atom stereocenters. The van der Waals surface area contributed by atoms with Gasteiger partial charge in [0.05, 0.1) is 0 Å². The Morgan fingerprint density at radius 2 is 0.250 bits per heavy atom. The molecule has 0 spiro atoms. The van der Waals surface area contributed by atoms with Crippen LogP contribution in [0.3, 0.4) is 0 Å². The van der Waals surface area contributed by atoms with Crippen molar-refractivity contribution >= 4 is 29.3 Å². The van der Waals surface area contributed by atoms with Crippen molar-refractivity contribution in [2.45, 2.75) is 0 Å². The Balaban J connectivity index is -0.0000000150. The largest absolute Gasteiger partial charge is 3.00 e. The van der Waals surface area contributed by atoms with Crippen LogP contribution in [-0.2, 0) is 131 Å². The van der Waals surface area contributed by atoms with Gasteiger partial charge in [-0.15, -0.1) is 0 Å². The van der Waals surface area contributed by atoms with E-state index in [0.717, 1.165) is 0 Å². The second-order valence-electron chi connectivity index (χ2n) is 1.15. The molecule has 12 nitrogen and oxygen atoms in total.